The van der Waals surface area contributed by atoms with Crippen molar-refractivity contribution in [3.63, 3.8) is 0 Å². The molecule has 0 unspecified atom stereocenters. The molecular weight excluding hydrogens is 285 g/mol. The molecule has 0 N–H and O–H groups in total. The molecule has 19 heavy (non-hydrogen) atoms. The number of carbonyl (C=O) groups excluding carboxylic acids is 1. The zero-order valence-electron chi connectivity index (χ0n) is 11.5. The molecule has 1 atom stereocenters. The lowest BCUT2D eigenvalue weighted by atomic mass is 10.1. The molecule has 0 radical (unpaired) electrons. The Hall–Kier alpha value is -0.550. The van der Waals surface area contributed by atoms with Crippen molar-refractivity contribution >= 4 is 29.1 Å². The summed E-state index contributed by atoms with van der Waals surface area (Å²) in [5, 5.41) is 1.14. The normalized spacial score (nSPS) is 21.2. The molecule has 1 heterocycles. The van der Waals surface area contributed by atoms with Crippen LogP contribution < -0.4 is 0 Å². The van der Waals surface area contributed by atoms with E-state index in [-0.39, 0.29) is 11.9 Å². The first-order chi connectivity index (χ1) is 8.81. The summed E-state index contributed by atoms with van der Waals surface area (Å²) in [4.78, 5) is 18.0. The molecule has 4 nitrogen and oxygen atoms in total. The Morgan fingerprint density at radius 2 is 1.79 bits per heavy atom. The average molecular weight is 306 g/mol. The maximum absolute atomic E-state index is 12.3. The molecule has 1 saturated heterocycles. The molecular formula is C13H21Cl2N3O. The molecule has 0 aromatic rings. The molecule has 1 rings (SSSR count). The van der Waals surface area contributed by atoms with Crippen LogP contribution in [0.15, 0.2) is 23.2 Å². The molecule has 108 valence electrons. The van der Waals surface area contributed by atoms with Crippen molar-refractivity contribution in [2.75, 3.05) is 46.8 Å². The maximum atomic E-state index is 12.3. The number of likely N-dealkylation sites (N-methyl/N-ethyl adjacent to an activating group) is 1. The van der Waals surface area contributed by atoms with Gasteiger partial charge in [-0.2, -0.15) is 0 Å². The topological polar surface area (TPSA) is 26.8 Å². The van der Waals surface area contributed by atoms with E-state index in [9.17, 15) is 4.79 Å². The van der Waals surface area contributed by atoms with Crippen LogP contribution in [0.4, 0.5) is 0 Å². The van der Waals surface area contributed by atoms with E-state index < -0.39 is 0 Å². The number of hydrogen-bond donors (Lipinski definition) is 0. The predicted octanol–water partition coefficient (Wildman–Crippen LogP) is 1.57. The lowest BCUT2D eigenvalue weighted by Gasteiger charge is -2.41. The molecule has 0 aliphatic carbocycles. The Bertz CT molecular complexity index is 371. The third kappa shape index (κ3) is 5.15. The van der Waals surface area contributed by atoms with E-state index >= 15 is 0 Å². The van der Waals surface area contributed by atoms with Gasteiger partial charge in [0.2, 0.25) is 5.91 Å². The SMILES string of the molecule is C=C(Cl)CN1CCN(CC(=C)Cl)[C@@H](C(=O)N(C)C)C1. The van der Waals surface area contributed by atoms with E-state index in [2.05, 4.69) is 23.0 Å². The summed E-state index contributed by atoms with van der Waals surface area (Å²) >= 11 is 11.7. The molecule has 1 fully saturated rings. The van der Waals surface area contributed by atoms with Gasteiger partial charge in [-0.05, 0) is 0 Å². The van der Waals surface area contributed by atoms with Gasteiger partial charge in [-0.3, -0.25) is 14.6 Å². The summed E-state index contributed by atoms with van der Waals surface area (Å²) in [5.41, 5.74) is 0. The lowest BCUT2D eigenvalue weighted by molar-refractivity contribution is -0.136. The van der Waals surface area contributed by atoms with Crippen molar-refractivity contribution < 1.29 is 4.79 Å². The third-order valence-corrected chi connectivity index (χ3v) is 3.31. The van der Waals surface area contributed by atoms with Gasteiger partial charge in [0.1, 0.15) is 6.04 Å². The first-order valence-corrected chi connectivity index (χ1v) is 6.91. The van der Waals surface area contributed by atoms with E-state index in [0.29, 0.717) is 29.7 Å². The van der Waals surface area contributed by atoms with Crippen LogP contribution in [0.2, 0.25) is 0 Å². The van der Waals surface area contributed by atoms with Gasteiger partial charge in [-0.25, -0.2) is 0 Å². The van der Waals surface area contributed by atoms with Crippen molar-refractivity contribution in [2.45, 2.75) is 6.04 Å². The van der Waals surface area contributed by atoms with Crippen LogP contribution in [0.1, 0.15) is 0 Å². The summed E-state index contributed by atoms with van der Waals surface area (Å²) < 4.78 is 0. The van der Waals surface area contributed by atoms with Crippen molar-refractivity contribution in [2.24, 2.45) is 0 Å². The van der Waals surface area contributed by atoms with Gasteiger partial charge >= 0.3 is 0 Å². The van der Waals surface area contributed by atoms with E-state index in [1.54, 1.807) is 19.0 Å². The fourth-order valence-corrected chi connectivity index (χ4v) is 2.53. The van der Waals surface area contributed by atoms with Crippen molar-refractivity contribution in [3.05, 3.63) is 23.2 Å². The summed E-state index contributed by atoms with van der Waals surface area (Å²) in [6.07, 6.45) is 0. The molecule has 1 amide bonds. The Balaban J connectivity index is 2.76. The molecule has 0 bridgehead atoms. The number of amides is 1. The van der Waals surface area contributed by atoms with Gasteiger partial charge in [0.05, 0.1) is 0 Å². The largest absolute Gasteiger partial charge is 0.347 e. The Morgan fingerprint density at radius 3 is 2.26 bits per heavy atom. The van der Waals surface area contributed by atoms with E-state index in [1.807, 2.05) is 0 Å². The van der Waals surface area contributed by atoms with Crippen molar-refractivity contribution in [1.82, 2.24) is 14.7 Å². The van der Waals surface area contributed by atoms with Gasteiger partial charge in [-0.1, -0.05) is 36.4 Å². The van der Waals surface area contributed by atoms with Crippen LogP contribution in [0.5, 0.6) is 0 Å². The highest BCUT2D eigenvalue weighted by Gasteiger charge is 2.33. The predicted molar refractivity (Wildman–Crippen MR) is 80.5 cm³/mol. The highest BCUT2D eigenvalue weighted by molar-refractivity contribution is 6.29. The molecule has 1 aliphatic heterocycles. The molecule has 0 aromatic heterocycles. The highest BCUT2D eigenvalue weighted by atomic mass is 35.5. The number of hydrogen-bond acceptors (Lipinski definition) is 3. The fraction of sp³-hybridized carbons (Fsp3) is 0.615. The smallest absolute Gasteiger partial charge is 0.240 e. The van der Waals surface area contributed by atoms with Crippen LogP contribution in [0, 0.1) is 0 Å². The second kappa shape index (κ2) is 7.29. The first-order valence-electron chi connectivity index (χ1n) is 6.15. The number of carbonyl (C=O) groups is 1. The van der Waals surface area contributed by atoms with E-state index in [4.69, 9.17) is 23.2 Å². The Kier molecular flexibility index (Phi) is 6.33. The molecule has 0 aromatic carbocycles. The number of rotatable bonds is 5. The molecule has 0 saturated carbocycles. The zero-order chi connectivity index (χ0) is 14.6. The summed E-state index contributed by atoms with van der Waals surface area (Å²) in [5.74, 6) is 0.0720. The lowest BCUT2D eigenvalue weighted by Crippen LogP contribution is -2.59. The number of piperazine rings is 1. The summed E-state index contributed by atoms with van der Waals surface area (Å²) in [6, 6.07) is -0.213. The minimum atomic E-state index is -0.213. The number of nitrogens with zero attached hydrogens (tertiary/aromatic N) is 3. The van der Waals surface area contributed by atoms with E-state index in [0.717, 1.165) is 13.1 Å². The standard InChI is InChI=1S/C13H21Cl2N3O/c1-10(14)7-17-5-6-18(8-11(2)15)12(9-17)13(19)16(3)4/h12H,1-2,5-9H2,3-4H3/t12-/m1/s1. The summed E-state index contributed by atoms with van der Waals surface area (Å²) in [7, 11) is 3.52. The van der Waals surface area contributed by atoms with Gasteiger partial charge < -0.3 is 4.90 Å². The minimum Gasteiger partial charge on any atom is -0.347 e. The van der Waals surface area contributed by atoms with Crippen LogP contribution in [0.3, 0.4) is 0 Å². The Morgan fingerprint density at radius 1 is 1.21 bits per heavy atom. The van der Waals surface area contributed by atoms with Crippen molar-refractivity contribution in [3.8, 4) is 0 Å². The maximum Gasteiger partial charge on any atom is 0.240 e. The third-order valence-electron chi connectivity index (χ3n) is 3.07. The molecule has 1 aliphatic rings. The van der Waals surface area contributed by atoms with Gasteiger partial charge in [0, 0.05) is 56.9 Å². The minimum absolute atomic E-state index is 0.0720. The van der Waals surface area contributed by atoms with Crippen LogP contribution in [-0.2, 0) is 4.79 Å². The monoisotopic (exact) mass is 305 g/mol. The fourth-order valence-electron chi connectivity index (χ4n) is 2.21. The average Bonchev–Trinajstić information content (AvgIpc) is 2.28. The van der Waals surface area contributed by atoms with Gasteiger partial charge in [-0.15, -0.1) is 0 Å². The van der Waals surface area contributed by atoms with Gasteiger partial charge in [0.15, 0.2) is 0 Å². The Labute approximate surface area is 125 Å². The summed E-state index contributed by atoms with van der Waals surface area (Å²) in [6.45, 7) is 10.8. The van der Waals surface area contributed by atoms with E-state index in [1.165, 1.54) is 0 Å². The van der Waals surface area contributed by atoms with Crippen LogP contribution >= 0.6 is 23.2 Å². The zero-order valence-corrected chi connectivity index (χ0v) is 13.0. The van der Waals surface area contributed by atoms with Crippen LogP contribution in [0.25, 0.3) is 0 Å². The second-order valence-corrected chi connectivity index (χ2v) is 6.06. The quantitative estimate of drug-likeness (QED) is 0.771. The van der Waals surface area contributed by atoms with Crippen LogP contribution in [-0.4, -0.2) is 73.5 Å². The highest BCUT2D eigenvalue weighted by Crippen LogP contribution is 2.16. The number of halogens is 2. The molecule has 6 heteroatoms. The van der Waals surface area contributed by atoms with Gasteiger partial charge in [0.25, 0.3) is 0 Å². The first kappa shape index (κ1) is 16.5. The second-order valence-electron chi connectivity index (χ2n) is 4.99. The molecule has 0 spiro atoms. The van der Waals surface area contributed by atoms with Crippen molar-refractivity contribution in [1.29, 1.82) is 0 Å².